The molecule has 108 valence electrons. The van der Waals surface area contributed by atoms with Crippen molar-refractivity contribution in [2.45, 2.75) is 31.6 Å². The third-order valence-corrected chi connectivity index (χ3v) is 4.15. The summed E-state index contributed by atoms with van der Waals surface area (Å²) in [6, 6.07) is 4.10. The fourth-order valence-electron chi connectivity index (χ4n) is 1.88. The minimum atomic E-state index is 0.502. The average Bonchev–Trinajstić information content (AvgIpc) is 2.95. The van der Waals surface area contributed by atoms with Gasteiger partial charge in [-0.25, -0.2) is 4.98 Å². The van der Waals surface area contributed by atoms with Gasteiger partial charge in [0.15, 0.2) is 0 Å². The van der Waals surface area contributed by atoms with E-state index in [0.29, 0.717) is 5.88 Å². The molecule has 0 amide bonds. The normalized spacial score (nSPS) is 10.8. The number of thiazole rings is 1. The lowest BCUT2D eigenvalue weighted by Crippen LogP contribution is -2.00. The van der Waals surface area contributed by atoms with Crippen LogP contribution in [0.15, 0.2) is 29.9 Å². The molecule has 20 heavy (non-hydrogen) atoms. The zero-order valence-corrected chi connectivity index (χ0v) is 13.0. The van der Waals surface area contributed by atoms with Crippen LogP contribution in [0.25, 0.3) is 0 Å². The molecule has 2 heterocycles. The minimum absolute atomic E-state index is 0.502. The van der Waals surface area contributed by atoms with E-state index in [2.05, 4.69) is 22.1 Å². The number of rotatable bonds is 9. The summed E-state index contributed by atoms with van der Waals surface area (Å²) < 4.78 is 5.65. The molecule has 0 saturated carbocycles. The maximum atomic E-state index is 5.72. The van der Waals surface area contributed by atoms with E-state index in [0.717, 1.165) is 49.6 Å². The van der Waals surface area contributed by atoms with Gasteiger partial charge in [0.25, 0.3) is 0 Å². The zero-order valence-electron chi connectivity index (χ0n) is 11.4. The summed E-state index contributed by atoms with van der Waals surface area (Å²) in [6.45, 7) is 1.61. The highest BCUT2D eigenvalue weighted by Gasteiger charge is 2.00. The summed E-state index contributed by atoms with van der Waals surface area (Å²) in [5.74, 6) is 0.502. The van der Waals surface area contributed by atoms with Gasteiger partial charge in [0.1, 0.15) is 0 Å². The number of hydrogen-bond acceptors (Lipinski definition) is 4. The van der Waals surface area contributed by atoms with Crippen LogP contribution >= 0.6 is 22.9 Å². The maximum absolute atomic E-state index is 5.72. The largest absolute Gasteiger partial charge is 0.381 e. The van der Waals surface area contributed by atoms with Crippen molar-refractivity contribution < 1.29 is 4.74 Å². The molecule has 3 nitrogen and oxygen atoms in total. The monoisotopic (exact) mass is 310 g/mol. The number of aromatic nitrogens is 2. The fourth-order valence-corrected chi connectivity index (χ4v) is 2.95. The van der Waals surface area contributed by atoms with E-state index in [9.17, 15) is 0 Å². The van der Waals surface area contributed by atoms with Crippen LogP contribution < -0.4 is 0 Å². The molecule has 0 aromatic carbocycles. The minimum Gasteiger partial charge on any atom is -0.381 e. The van der Waals surface area contributed by atoms with Gasteiger partial charge < -0.3 is 4.74 Å². The Kier molecular flexibility index (Phi) is 6.98. The molecular formula is C15H19ClN2OS. The first-order valence-electron chi connectivity index (χ1n) is 6.84. The molecule has 2 aromatic heterocycles. The Bertz CT molecular complexity index is 490. The molecule has 0 atom stereocenters. The van der Waals surface area contributed by atoms with Crippen molar-refractivity contribution in [3.8, 4) is 0 Å². The van der Waals surface area contributed by atoms with Crippen LogP contribution in [-0.2, 0) is 23.5 Å². The third kappa shape index (κ3) is 5.57. The van der Waals surface area contributed by atoms with Gasteiger partial charge in [-0.05, 0) is 37.0 Å². The Labute approximate surface area is 129 Å². The van der Waals surface area contributed by atoms with E-state index in [1.165, 1.54) is 5.56 Å². The second-order valence-corrected chi connectivity index (χ2v) is 5.75. The number of pyridine rings is 1. The van der Waals surface area contributed by atoms with Crippen molar-refractivity contribution in [3.63, 3.8) is 0 Å². The Morgan fingerprint density at radius 3 is 2.55 bits per heavy atom. The lowest BCUT2D eigenvalue weighted by molar-refractivity contribution is 0.130. The molecule has 0 bridgehead atoms. The van der Waals surface area contributed by atoms with Gasteiger partial charge in [0.2, 0.25) is 0 Å². The van der Waals surface area contributed by atoms with E-state index in [4.69, 9.17) is 16.3 Å². The predicted octanol–water partition coefficient (Wildman–Crippen LogP) is 3.86. The van der Waals surface area contributed by atoms with Crippen LogP contribution in [0.5, 0.6) is 0 Å². The Balaban J connectivity index is 1.49. The summed E-state index contributed by atoms with van der Waals surface area (Å²) in [5, 5.41) is 3.18. The van der Waals surface area contributed by atoms with Crippen LogP contribution in [-0.4, -0.2) is 23.2 Å². The lowest BCUT2D eigenvalue weighted by Gasteiger charge is -2.03. The molecule has 0 unspecified atom stereocenters. The molecule has 2 aromatic rings. The average molecular weight is 311 g/mol. The topological polar surface area (TPSA) is 35.0 Å². The van der Waals surface area contributed by atoms with Gasteiger partial charge in [-0.3, -0.25) is 4.98 Å². The summed E-state index contributed by atoms with van der Waals surface area (Å²) in [4.78, 5) is 8.43. The molecule has 2 rings (SSSR count). The Morgan fingerprint density at radius 1 is 1.10 bits per heavy atom. The van der Waals surface area contributed by atoms with Gasteiger partial charge in [0, 0.05) is 37.4 Å². The first-order valence-corrected chi connectivity index (χ1v) is 8.26. The number of aryl methyl sites for hydroxylation is 2. The number of nitrogens with zero attached hydrogens (tertiary/aromatic N) is 2. The second kappa shape index (κ2) is 9.06. The maximum Gasteiger partial charge on any atom is 0.0929 e. The molecule has 0 N–H and O–H groups in total. The SMILES string of the molecule is ClCc1csc(CCCOCCCc2ccncc2)n1. The van der Waals surface area contributed by atoms with Crippen LogP contribution in [0.2, 0.25) is 0 Å². The van der Waals surface area contributed by atoms with Gasteiger partial charge in [-0.15, -0.1) is 22.9 Å². The zero-order chi connectivity index (χ0) is 14.0. The second-order valence-electron chi connectivity index (χ2n) is 4.54. The molecule has 0 saturated heterocycles. The quantitative estimate of drug-likeness (QED) is 0.521. The number of alkyl halides is 1. The highest BCUT2D eigenvalue weighted by Crippen LogP contribution is 2.13. The van der Waals surface area contributed by atoms with E-state index >= 15 is 0 Å². The van der Waals surface area contributed by atoms with Crippen molar-refractivity contribution in [3.05, 3.63) is 46.2 Å². The summed E-state index contributed by atoms with van der Waals surface area (Å²) in [6.07, 6.45) is 7.76. The van der Waals surface area contributed by atoms with Gasteiger partial charge in [-0.1, -0.05) is 0 Å². The summed E-state index contributed by atoms with van der Waals surface area (Å²) in [5.41, 5.74) is 2.30. The van der Waals surface area contributed by atoms with Crippen molar-refractivity contribution in [1.29, 1.82) is 0 Å². The van der Waals surface area contributed by atoms with Crippen LogP contribution in [0.3, 0.4) is 0 Å². The summed E-state index contributed by atoms with van der Waals surface area (Å²) in [7, 11) is 0. The standard InChI is InChI=1S/C15H19ClN2OS/c16-11-14-12-20-15(18-14)4-2-10-19-9-1-3-13-5-7-17-8-6-13/h5-8,12H,1-4,9-11H2. The molecule has 0 spiro atoms. The van der Waals surface area contributed by atoms with Crippen LogP contribution in [0.4, 0.5) is 0 Å². The molecule has 5 heteroatoms. The lowest BCUT2D eigenvalue weighted by atomic mass is 10.1. The predicted molar refractivity (Wildman–Crippen MR) is 83.4 cm³/mol. The highest BCUT2D eigenvalue weighted by molar-refractivity contribution is 7.09. The summed E-state index contributed by atoms with van der Waals surface area (Å²) >= 11 is 7.41. The highest BCUT2D eigenvalue weighted by atomic mass is 35.5. The molecule has 0 radical (unpaired) electrons. The van der Waals surface area contributed by atoms with E-state index in [-0.39, 0.29) is 0 Å². The van der Waals surface area contributed by atoms with Crippen molar-refractivity contribution in [1.82, 2.24) is 9.97 Å². The van der Waals surface area contributed by atoms with E-state index in [1.807, 2.05) is 17.8 Å². The van der Waals surface area contributed by atoms with Gasteiger partial charge >= 0.3 is 0 Å². The number of ether oxygens (including phenoxy) is 1. The van der Waals surface area contributed by atoms with Crippen LogP contribution in [0, 0.1) is 0 Å². The Morgan fingerprint density at radius 2 is 1.85 bits per heavy atom. The first-order chi connectivity index (χ1) is 9.88. The number of halogens is 1. The Hall–Kier alpha value is -0.970. The van der Waals surface area contributed by atoms with Crippen molar-refractivity contribution >= 4 is 22.9 Å². The van der Waals surface area contributed by atoms with Crippen molar-refractivity contribution in [2.75, 3.05) is 13.2 Å². The van der Waals surface area contributed by atoms with Crippen LogP contribution in [0.1, 0.15) is 29.1 Å². The smallest absolute Gasteiger partial charge is 0.0929 e. The third-order valence-electron chi connectivity index (χ3n) is 2.92. The first kappa shape index (κ1) is 15.4. The van der Waals surface area contributed by atoms with Gasteiger partial charge in [0.05, 0.1) is 16.6 Å². The molecule has 0 fully saturated rings. The molecule has 0 aliphatic heterocycles. The fraction of sp³-hybridized carbons (Fsp3) is 0.467. The van der Waals surface area contributed by atoms with E-state index in [1.54, 1.807) is 11.3 Å². The number of hydrogen-bond donors (Lipinski definition) is 0. The van der Waals surface area contributed by atoms with Gasteiger partial charge in [-0.2, -0.15) is 0 Å². The van der Waals surface area contributed by atoms with Crippen molar-refractivity contribution in [2.24, 2.45) is 0 Å². The molecule has 0 aliphatic rings. The molecular weight excluding hydrogens is 292 g/mol. The van der Waals surface area contributed by atoms with E-state index < -0.39 is 0 Å². The molecule has 0 aliphatic carbocycles.